The van der Waals surface area contributed by atoms with E-state index in [0.717, 1.165) is 0 Å². The minimum Gasteiger partial charge on any atom is -0.665 e. The van der Waals surface area contributed by atoms with Crippen molar-refractivity contribution in [3.8, 4) is 0 Å². The Morgan fingerprint density at radius 1 is 1.41 bits per heavy atom. The smallest absolute Gasteiger partial charge is 0.254 e. The van der Waals surface area contributed by atoms with Crippen LogP contribution in [0.25, 0.3) is 5.73 Å². The van der Waals surface area contributed by atoms with Crippen LogP contribution >= 0.6 is 0 Å². The zero-order valence-corrected chi connectivity index (χ0v) is 9.29. The molecule has 1 aromatic carbocycles. The number of rotatable bonds is 4. The van der Waals surface area contributed by atoms with Crippen LogP contribution in [0.3, 0.4) is 0 Å². The summed E-state index contributed by atoms with van der Waals surface area (Å²) in [6, 6.07) is 4.42. The summed E-state index contributed by atoms with van der Waals surface area (Å²) in [6.07, 6.45) is 0. The van der Waals surface area contributed by atoms with Crippen molar-refractivity contribution in [3.63, 3.8) is 0 Å². The SMILES string of the molecule is CNC(=O)C([NH-])CNC(=O)c1ccccc1F. The quantitative estimate of drug-likeness (QED) is 0.810. The molecule has 0 bridgehead atoms. The Morgan fingerprint density at radius 2 is 2.06 bits per heavy atom. The maximum Gasteiger partial charge on any atom is 0.254 e. The lowest BCUT2D eigenvalue weighted by molar-refractivity contribution is -0.120. The van der Waals surface area contributed by atoms with Gasteiger partial charge in [-0.3, -0.25) is 9.59 Å². The molecule has 6 heteroatoms. The summed E-state index contributed by atoms with van der Waals surface area (Å²) in [5.74, 6) is -1.77. The maximum atomic E-state index is 13.2. The number of nitrogens with one attached hydrogen (secondary N) is 3. The zero-order valence-electron chi connectivity index (χ0n) is 9.29. The van der Waals surface area contributed by atoms with E-state index in [2.05, 4.69) is 10.6 Å². The number of halogens is 1. The van der Waals surface area contributed by atoms with Gasteiger partial charge in [-0.05, 0) is 18.2 Å². The third kappa shape index (κ3) is 3.53. The van der Waals surface area contributed by atoms with Gasteiger partial charge in [-0.1, -0.05) is 12.1 Å². The molecule has 0 saturated carbocycles. The number of amides is 2. The Kier molecular flexibility index (Phi) is 4.59. The van der Waals surface area contributed by atoms with Crippen LogP contribution in [0, 0.1) is 5.82 Å². The van der Waals surface area contributed by atoms with E-state index in [1.807, 2.05) is 0 Å². The van der Waals surface area contributed by atoms with Gasteiger partial charge in [-0.25, -0.2) is 4.39 Å². The standard InChI is InChI=1S/C11H13FN3O2/c1-14-11(17)9(13)6-15-10(16)7-4-2-3-5-8(7)12/h2-5,9,13H,6H2,1H3,(H,14,17)(H,15,16)/q-1. The molecule has 0 fully saturated rings. The molecule has 5 nitrogen and oxygen atoms in total. The molecule has 1 unspecified atom stereocenters. The van der Waals surface area contributed by atoms with Crippen molar-refractivity contribution in [1.82, 2.24) is 10.6 Å². The lowest BCUT2D eigenvalue weighted by Crippen LogP contribution is -2.39. The van der Waals surface area contributed by atoms with Gasteiger partial charge in [0.1, 0.15) is 5.82 Å². The average molecular weight is 238 g/mol. The minimum atomic E-state index is -1.10. The van der Waals surface area contributed by atoms with Crippen LogP contribution < -0.4 is 10.6 Å². The highest BCUT2D eigenvalue weighted by Crippen LogP contribution is 2.05. The first kappa shape index (κ1) is 13.1. The predicted molar refractivity (Wildman–Crippen MR) is 60.9 cm³/mol. The monoisotopic (exact) mass is 238 g/mol. The Bertz CT molecular complexity index is 423. The molecule has 1 atom stereocenters. The van der Waals surface area contributed by atoms with Crippen LogP contribution in [0.2, 0.25) is 0 Å². The van der Waals surface area contributed by atoms with Gasteiger partial charge in [-0.15, -0.1) is 0 Å². The van der Waals surface area contributed by atoms with Crippen molar-refractivity contribution < 1.29 is 14.0 Å². The highest BCUT2D eigenvalue weighted by molar-refractivity contribution is 5.95. The summed E-state index contributed by atoms with van der Waals surface area (Å²) in [7, 11) is 1.41. The number of likely N-dealkylation sites (N-methyl/N-ethyl adjacent to an activating group) is 1. The number of hydrogen-bond donors (Lipinski definition) is 2. The maximum absolute atomic E-state index is 13.2. The summed E-state index contributed by atoms with van der Waals surface area (Å²) < 4.78 is 13.2. The van der Waals surface area contributed by atoms with Gasteiger partial charge in [0.25, 0.3) is 5.91 Å². The van der Waals surface area contributed by atoms with E-state index < -0.39 is 23.7 Å². The predicted octanol–water partition coefficient (Wildman–Crippen LogP) is 0.722. The second-order valence-corrected chi connectivity index (χ2v) is 3.36. The first-order valence-corrected chi connectivity index (χ1v) is 5.01. The van der Waals surface area contributed by atoms with E-state index in [1.54, 1.807) is 0 Å². The van der Waals surface area contributed by atoms with E-state index in [9.17, 15) is 14.0 Å². The summed E-state index contributed by atoms with van der Waals surface area (Å²) in [4.78, 5) is 22.5. The molecular weight excluding hydrogens is 225 g/mol. The summed E-state index contributed by atoms with van der Waals surface area (Å²) in [6.45, 7) is -0.160. The third-order valence-corrected chi connectivity index (χ3v) is 2.15. The molecule has 0 spiro atoms. The molecule has 2 amide bonds. The molecule has 0 aromatic heterocycles. The topological polar surface area (TPSA) is 82.0 Å². The Balaban J connectivity index is 2.57. The number of carbonyl (C=O) groups is 2. The molecule has 0 saturated heterocycles. The van der Waals surface area contributed by atoms with E-state index in [0.29, 0.717) is 0 Å². The summed E-state index contributed by atoms with van der Waals surface area (Å²) >= 11 is 0. The normalized spacial score (nSPS) is 11.7. The molecule has 0 aliphatic carbocycles. The fourth-order valence-corrected chi connectivity index (χ4v) is 1.20. The largest absolute Gasteiger partial charge is 0.665 e. The van der Waals surface area contributed by atoms with Crippen molar-refractivity contribution in [2.75, 3.05) is 13.6 Å². The van der Waals surface area contributed by atoms with Crippen LogP contribution in [-0.4, -0.2) is 31.4 Å². The van der Waals surface area contributed by atoms with Crippen LogP contribution in [0.1, 0.15) is 10.4 Å². The number of benzene rings is 1. The molecule has 92 valence electrons. The lowest BCUT2D eigenvalue weighted by atomic mass is 10.2. The van der Waals surface area contributed by atoms with Crippen LogP contribution in [0.15, 0.2) is 24.3 Å². The van der Waals surface area contributed by atoms with Crippen molar-refractivity contribution in [3.05, 3.63) is 41.4 Å². The first-order valence-electron chi connectivity index (χ1n) is 5.01. The number of carbonyl (C=O) groups excluding carboxylic acids is 2. The third-order valence-electron chi connectivity index (χ3n) is 2.15. The van der Waals surface area contributed by atoms with E-state index in [1.165, 1.54) is 31.3 Å². The Hall–Kier alpha value is -1.95. The second-order valence-electron chi connectivity index (χ2n) is 3.36. The average Bonchev–Trinajstić information content (AvgIpc) is 2.35. The fraction of sp³-hybridized carbons (Fsp3) is 0.273. The molecule has 0 radical (unpaired) electrons. The van der Waals surface area contributed by atoms with Crippen molar-refractivity contribution in [1.29, 1.82) is 0 Å². The Labute approximate surface area is 98.2 Å². The van der Waals surface area contributed by atoms with E-state index in [4.69, 9.17) is 5.73 Å². The molecule has 0 aliphatic heterocycles. The van der Waals surface area contributed by atoms with Gasteiger partial charge in [0.05, 0.1) is 5.56 Å². The highest BCUT2D eigenvalue weighted by Gasteiger charge is 2.11. The molecule has 3 N–H and O–H groups in total. The van der Waals surface area contributed by atoms with Gasteiger partial charge in [-0.2, -0.15) is 0 Å². The fourth-order valence-electron chi connectivity index (χ4n) is 1.20. The molecule has 17 heavy (non-hydrogen) atoms. The molecule has 0 heterocycles. The molecule has 0 aliphatic rings. The van der Waals surface area contributed by atoms with E-state index in [-0.39, 0.29) is 12.1 Å². The minimum absolute atomic E-state index is 0.100. The zero-order chi connectivity index (χ0) is 12.8. The van der Waals surface area contributed by atoms with Crippen molar-refractivity contribution >= 4 is 11.8 Å². The van der Waals surface area contributed by atoms with Gasteiger partial charge in [0.2, 0.25) is 5.91 Å². The summed E-state index contributed by atoms with van der Waals surface area (Å²) in [5, 5.41) is 4.62. The van der Waals surface area contributed by atoms with Crippen LogP contribution in [0.5, 0.6) is 0 Å². The highest BCUT2D eigenvalue weighted by atomic mass is 19.1. The lowest BCUT2D eigenvalue weighted by Gasteiger charge is -2.18. The van der Waals surface area contributed by atoms with Gasteiger partial charge >= 0.3 is 0 Å². The van der Waals surface area contributed by atoms with Gasteiger partial charge in [0.15, 0.2) is 0 Å². The van der Waals surface area contributed by atoms with Crippen molar-refractivity contribution in [2.24, 2.45) is 0 Å². The molecule has 1 aromatic rings. The molecule has 1 rings (SSSR count). The second kappa shape index (κ2) is 5.95. The van der Waals surface area contributed by atoms with Gasteiger partial charge < -0.3 is 16.4 Å². The summed E-state index contributed by atoms with van der Waals surface area (Å²) in [5.41, 5.74) is 7.27. The van der Waals surface area contributed by atoms with Crippen molar-refractivity contribution in [2.45, 2.75) is 6.04 Å². The van der Waals surface area contributed by atoms with Crippen LogP contribution in [0.4, 0.5) is 4.39 Å². The Morgan fingerprint density at radius 3 is 2.65 bits per heavy atom. The first-order chi connectivity index (χ1) is 8.06. The molecular formula is C11H13FN3O2-. The van der Waals surface area contributed by atoms with Gasteiger partial charge in [0, 0.05) is 13.6 Å². The van der Waals surface area contributed by atoms with Crippen LogP contribution in [-0.2, 0) is 4.79 Å². The number of hydrogen-bond acceptors (Lipinski definition) is 2. The van der Waals surface area contributed by atoms with E-state index >= 15 is 0 Å².